The smallest absolute Gasteiger partial charge is 0.255 e. The number of carbonyl (C=O) groups is 2. The van der Waals surface area contributed by atoms with Gasteiger partial charge in [-0.25, -0.2) is 4.98 Å². The first-order chi connectivity index (χ1) is 13.0. The summed E-state index contributed by atoms with van der Waals surface area (Å²) >= 11 is 5.72. The van der Waals surface area contributed by atoms with E-state index in [1.807, 2.05) is 24.3 Å². The van der Waals surface area contributed by atoms with Crippen LogP contribution in [0.2, 0.25) is 5.15 Å². The first-order valence-electron chi connectivity index (χ1n) is 8.62. The van der Waals surface area contributed by atoms with E-state index in [1.54, 1.807) is 19.2 Å². The van der Waals surface area contributed by atoms with E-state index in [0.717, 1.165) is 32.0 Å². The predicted octanol–water partition coefficient (Wildman–Crippen LogP) is 2.28. The highest BCUT2D eigenvalue weighted by Crippen LogP contribution is 2.19. The van der Waals surface area contributed by atoms with Crippen molar-refractivity contribution in [2.24, 2.45) is 0 Å². The highest BCUT2D eigenvalue weighted by Gasteiger charge is 2.16. The van der Waals surface area contributed by atoms with Gasteiger partial charge in [0.25, 0.3) is 5.91 Å². The van der Waals surface area contributed by atoms with E-state index in [-0.39, 0.29) is 18.4 Å². The third kappa shape index (κ3) is 5.18. The lowest BCUT2D eigenvalue weighted by Gasteiger charge is -2.28. The Balaban J connectivity index is 1.53. The predicted molar refractivity (Wildman–Crippen MR) is 104 cm³/mol. The Kier molecular flexibility index (Phi) is 6.26. The molecule has 0 aliphatic carbocycles. The van der Waals surface area contributed by atoms with Gasteiger partial charge in [0.1, 0.15) is 5.15 Å². The summed E-state index contributed by atoms with van der Waals surface area (Å²) < 4.78 is 5.35. The molecule has 0 unspecified atom stereocenters. The summed E-state index contributed by atoms with van der Waals surface area (Å²) in [5.74, 6) is -0.566. The van der Waals surface area contributed by atoms with Gasteiger partial charge in [-0.05, 0) is 36.4 Å². The Morgan fingerprint density at radius 3 is 2.52 bits per heavy atom. The number of anilines is 2. The molecule has 2 amide bonds. The van der Waals surface area contributed by atoms with Crippen LogP contribution >= 0.6 is 11.6 Å². The van der Waals surface area contributed by atoms with Crippen LogP contribution in [0.5, 0.6) is 0 Å². The van der Waals surface area contributed by atoms with Crippen molar-refractivity contribution in [2.75, 3.05) is 50.1 Å². The molecule has 1 aromatic heterocycles. The second-order valence-electron chi connectivity index (χ2n) is 6.23. The minimum absolute atomic E-state index is 0.0628. The van der Waals surface area contributed by atoms with Crippen LogP contribution in [0, 0.1) is 0 Å². The van der Waals surface area contributed by atoms with Crippen LogP contribution in [0.4, 0.5) is 11.4 Å². The van der Waals surface area contributed by atoms with Gasteiger partial charge in [0, 0.05) is 37.7 Å². The first kappa shape index (κ1) is 19.1. The molecule has 0 spiro atoms. The molecule has 1 saturated heterocycles. The van der Waals surface area contributed by atoms with Crippen LogP contribution in [0.25, 0.3) is 0 Å². The van der Waals surface area contributed by atoms with Crippen molar-refractivity contribution in [1.29, 1.82) is 0 Å². The van der Waals surface area contributed by atoms with E-state index in [9.17, 15) is 9.59 Å². The molecule has 142 valence electrons. The van der Waals surface area contributed by atoms with E-state index in [0.29, 0.717) is 16.4 Å². The highest BCUT2D eigenvalue weighted by molar-refractivity contribution is 6.29. The fourth-order valence-electron chi connectivity index (χ4n) is 2.79. The summed E-state index contributed by atoms with van der Waals surface area (Å²) in [6.45, 7) is 3.10. The summed E-state index contributed by atoms with van der Waals surface area (Å²) in [6.07, 6.45) is 1.39. The number of benzene rings is 1. The lowest BCUT2D eigenvalue weighted by atomic mass is 10.2. The van der Waals surface area contributed by atoms with Crippen molar-refractivity contribution >= 4 is 34.8 Å². The number of rotatable bonds is 5. The van der Waals surface area contributed by atoms with E-state index in [4.69, 9.17) is 16.3 Å². The van der Waals surface area contributed by atoms with Crippen LogP contribution in [0.3, 0.4) is 0 Å². The molecule has 2 aromatic rings. The van der Waals surface area contributed by atoms with E-state index < -0.39 is 0 Å². The summed E-state index contributed by atoms with van der Waals surface area (Å²) in [5, 5.41) is 3.12. The number of aromatic nitrogens is 1. The van der Waals surface area contributed by atoms with Crippen molar-refractivity contribution in [3.8, 4) is 0 Å². The number of ether oxygens (including phenoxy) is 1. The topological polar surface area (TPSA) is 74.8 Å². The number of hydrogen-bond acceptors (Lipinski definition) is 5. The Labute approximate surface area is 162 Å². The normalized spacial score (nSPS) is 13.9. The number of carbonyl (C=O) groups excluding carboxylic acids is 2. The van der Waals surface area contributed by atoms with Crippen LogP contribution in [-0.4, -0.2) is 61.6 Å². The van der Waals surface area contributed by atoms with Crippen molar-refractivity contribution in [3.63, 3.8) is 0 Å². The molecular formula is C19H21ClN4O3. The molecule has 27 heavy (non-hydrogen) atoms. The molecular weight excluding hydrogens is 368 g/mol. The van der Waals surface area contributed by atoms with E-state index >= 15 is 0 Å². The number of hydrogen-bond donors (Lipinski definition) is 1. The molecule has 1 aliphatic heterocycles. The maximum absolute atomic E-state index is 12.3. The molecule has 8 heteroatoms. The van der Waals surface area contributed by atoms with Gasteiger partial charge in [-0.15, -0.1) is 0 Å². The number of nitrogens with zero attached hydrogens (tertiary/aromatic N) is 3. The van der Waals surface area contributed by atoms with Crippen molar-refractivity contribution in [2.45, 2.75) is 0 Å². The molecule has 1 aliphatic rings. The largest absolute Gasteiger partial charge is 0.378 e. The monoisotopic (exact) mass is 388 g/mol. The number of pyridine rings is 1. The zero-order chi connectivity index (χ0) is 19.2. The molecule has 0 radical (unpaired) electrons. The van der Waals surface area contributed by atoms with Crippen LogP contribution in [0.15, 0.2) is 42.6 Å². The van der Waals surface area contributed by atoms with E-state index in [2.05, 4.69) is 15.2 Å². The molecule has 1 N–H and O–H groups in total. The van der Waals surface area contributed by atoms with Gasteiger partial charge in [-0.3, -0.25) is 9.59 Å². The molecule has 1 fully saturated rings. The SMILES string of the molecule is CN(CC(=O)Nc1ccc(N2CCOCC2)cc1)C(=O)c1ccc(Cl)nc1. The van der Waals surface area contributed by atoms with Gasteiger partial charge in [0.05, 0.1) is 25.3 Å². The molecule has 1 aromatic carbocycles. The summed E-state index contributed by atoms with van der Waals surface area (Å²) in [4.78, 5) is 32.0. The summed E-state index contributed by atoms with van der Waals surface area (Å²) in [5.41, 5.74) is 2.16. The second-order valence-corrected chi connectivity index (χ2v) is 6.61. The summed E-state index contributed by atoms with van der Waals surface area (Å²) in [7, 11) is 1.57. The standard InChI is InChI=1S/C19H21ClN4O3/c1-23(19(26)14-2-7-17(20)21-12-14)13-18(25)22-15-3-5-16(6-4-15)24-8-10-27-11-9-24/h2-7,12H,8-11,13H2,1H3,(H,22,25). The van der Waals surface area contributed by atoms with Gasteiger partial charge < -0.3 is 19.9 Å². The average molecular weight is 389 g/mol. The third-order valence-electron chi connectivity index (χ3n) is 4.23. The maximum Gasteiger partial charge on any atom is 0.255 e. The lowest BCUT2D eigenvalue weighted by molar-refractivity contribution is -0.116. The number of morpholine rings is 1. The molecule has 0 bridgehead atoms. The number of halogens is 1. The highest BCUT2D eigenvalue weighted by atomic mass is 35.5. The fourth-order valence-corrected chi connectivity index (χ4v) is 2.90. The van der Waals surface area contributed by atoms with Gasteiger partial charge in [0.2, 0.25) is 5.91 Å². The van der Waals surface area contributed by atoms with Crippen LogP contribution < -0.4 is 10.2 Å². The molecule has 0 atom stereocenters. The number of nitrogens with one attached hydrogen (secondary N) is 1. The molecule has 7 nitrogen and oxygen atoms in total. The van der Waals surface area contributed by atoms with Crippen molar-refractivity contribution in [3.05, 3.63) is 53.3 Å². The van der Waals surface area contributed by atoms with Crippen molar-refractivity contribution in [1.82, 2.24) is 9.88 Å². The van der Waals surface area contributed by atoms with Gasteiger partial charge in [0.15, 0.2) is 0 Å². The Bertz CT molecular complexity index is 790. The van der Waals surface area contributed by atoms with E-state index in [1.165, 1.54) is 11.1 Å². The molecule has 2 heterocycles. The minimum atomic E-state index is -0.294. The fraction of sp³-hybridized carbons (Fsp3) is 0.316. The van der Waals surface area contributed by atoms with Gasteiger partial charge in [-0.2, -0.15) is 0 Å². The average Bonchev–Trinajstić information content (AvgIpc) is 2.69. The zero-order valence-electron chi connectivity index (χ0n) is 15.0. The zero-order valence-corrected chi connectivity index (χ0v) is 15.8. The Morgan fingerprint density at radius 1 is 1.19 bits per heavy atom. The van der Waals surface area contributed by atoms with Crippen LogP contribution in [0.1, 0.15) is 10.4 Å². The van der Waals surface area contributed by atoms with Crippen LogP contribution in [-0.2, 0) is 9.53 Å². The second kappa shape index (κ2) is 8.83. The minimum Gasteiger partial charge on any atom is -0.378 e. The quantitative estimate of drug-likeness (QED) is 0.795. The summed E-state index contributed by atoms with van der Waals surface area (Å²) in [6, 6.07) is 10.8. The molecule has 3 rings (SSSR count). The van der Waals surface area contributed by atoms with Crippen molar-refractivity contribution < 1.29 is 14.3 Å². The van der Waals surface area contributed by atoms with Gasteiger partial charge >= 0.3 is 0 Å². The van der Waals surface area contributed by atoms with Gasteiger partial charge in [-0.1, -0.05) is 11.6 Å². The Hall–Kier alpha value is -2.64. The molecule has 0 saturated carbocycles. The Morgan fingerprint density at radius 2 is 1.89 bits per heavy atom. The maximum atomic E-state index is 12.3. The number of likely N-dealkylation sites (N-methyl/N-ethyl adjacent to an activating group) is 1. The number of amides is 2. The lowest BCUT2D eigenvalue weighted by Crippen LogP contribution is -2.36. The first-order valence-corrected chi connectivity index (χ1v) is 9.00. The third-order valence-corrected chi connectivity index (χ3v) is 4.45.